The first-order chi connectivity index (χ1) is 7.53. The van der Waals surface area contributed by atoms with Gasteiger partial charge in [-0.1, -0.05) is 0 Å². The summed E-state index contributed by atoms with van der Waals surface area (Å²) in [5.41, 5.74) is 0. The normalized spacial score (nSPS) is 18.6. The molecule has 2 N–H and O–H groups in total. The smallest absolute Gasteiger partial charge is 0.151 e. The Balaban J connectivity index is 2.08. The standard InChI is InChI=1S/C11H23NO3S/c1-10(3-2-7-13)12-6-8-16(14,15)9-11-4-5-11/h10-13H,2-9H2,1H3. The van der Waals surface area contributed by atoms with Crippen LogP contribution in [0.3, 0.4) is 0 Å². The van der Waals surface area contributed by atoms with Crippen molar-refractivity contribution in [1.82, 2.24) is 5.32 Å². The van der Waals surface area contributed by atoms with Gasteiger partial charge in [-0.15, -0.1) is 0 Å². The van der Waals surface area contributed by atoms with Crippen LogP contribution in [0.15, 0.2) is 0 Å². The maximum atomic E-state index is 11.6. The summed E-state index contributed by atoms with van der Waals surface area (Å²) in [5.74, 6) is 1.06. The fourth-order valence-corrected chi connectivity index (χ4v) is 3.33. The number of rotatable bonds is 9. The summed E-state index contributed by atoms with van der Waals surface area (Å²) in [4.78, 5) is 0. The minimum absolute atomic E-state index is 0.200. The van der Waals surface area contributed by atoms with E-state index in [1.165, 1.54) is 0 Å². The number of hydrogen-bond donors (Lipinski definition) is 2. The third-order valence-electron chi connectivity index (χ3n) is 2.89. The second-order valence-corrected chi connectivity index (χ2v) is 7.01. The van der Waals surface area contributed by atoms with Crippen molar-refractivity contribution in [2.75, 3.05) is 24.7 Å². The molecule has 0 saturated heterocycles. The summed E-state index contributed by atoms with van der Waals surface area (Å²) in [7, 11) is -2.85. The predicted octanol–water partition coefficient (Wildman–Crippen LogP) is 0.562. The van der Waals surface area contributed by atoms with Crippen LogP contribution in [0, 0.1) is 5.92 Å². The van der Waals surface area contributed by atoms with Gasteiger partial charge in [-0.3, -0.25) is 0 Å². The van der Waals surface area contributed by atoms with E-state index in [1.807, 2.05) is 6.92 Å². The summed E-state index contributed by atoms with van der Waals surface area (Å²) < 4.78 is 23.2. The molecule has 0 aromatic heterocycles. The molecule has 0 aliphatic heterocycles. The lowest BCUT2D eigenvalue weighted by molar-refractivity contribution is 0.277. The Hall–Kier alpha value is -0.130. The maximum Gasteiger partial charge on any atom is 0.151 e. The average molecular weight is 249 g/mol. The molecule has 1 aliphatic carbocycles. The summed E-state index contributed by atoms with van der Waals surface area (Å²) in [6, 6.07) is 0.281. The summed E-state index contributed by atoms with van der Waals surface area (Å²) in [6.45, 7) is 2.75. The Morgan fingerprint density at radius 2 is 2.12 bits per heavy atom. The molecule has 1 unspecified atom stereocenters. The Morgan fingerprint density at radius 1 is 1.44 bits per heavy atom. The van der Waals surface area contributed by atoms with Crippen LogP contribution in [0.25, 0.3) is 0 Å². The first kappa shape index (κ1) is 13.9. The maximum absolute atomic E-state index is 11.6. The molecule has 1 saturated carbocycles. The second kappa shape index (κ2) is 6.57. The molecule has 0 bridgehead atoms. The van der Waals surface area contributed by atoms with Crippen LogP contribution in [0.1, 0.15) is 32.6 Å². The lowest BCUT2D eigenvalue weighted by atomic mass is 10.2. The summed E-state index contributed by atoms with van der Waals surface area (Å²) in [6.07, 6.45) is 3.82. The zero-order valence-corrected chi connectivity index (χ0v) is 10.8. The average Bonchev–Trinajstić information content (AvgIpc) is 2.97. The van der Waals surface area contributed by atoms with Gasteiger partial charge in [0.2, 0.25) is 0 Å². The molecule has 16 heavy (non-hydrogen) atoms. The first-order valence-corrected chi connectivity index (χ1v) is 7.90. The van der Waals surface area contributed by atoms with Gasteiger partial charge in [-0.05, 0) is 38.5 Å². The van der Waals surface area contributed by atoms with Crippen LogP contribution < -0.4 is 5.32 Å². The van der Waals surface area contributed by atoms with Crippen LogP contribution in [0.2, 0.25) is 0 Å². The molecule has 0 spiro atoms. The molecule has 0 radical (unpaired) electrons. The fraction of sp³-hybridized carbons (Fsp3) is 1.00. The summed E-state index contributed by atoms with van der Waals surface area (Å²) >= 11 is 0. The molecule has 96 valence electrons. The van der Waals surface area contributed by atoms with E-state index in [9.17, 15) is 8.42 Å². The molecule has 0 aromatic carbocycles. The van der Waals surface area contributed by atoms with Gasteiger partial charge in [-0.2, -0.15) is 0 Å². The topological polar surface area (TPSA) is 66.4 Å². The fourth-order valence-electron chi connectivity index (χ4n) is 1.69. The minimum Gasteiger partial charge on any atom is -0.396 e. The van der Waals surface area contributed by atoms with Crippen molar-refractivity contribution in [2.24, 2.45) is 5.92 Å². The van der Waals surface area contributed by atoms with Crippen LogP contribution >= 0.6 is 0 Å². The molecule has 5 heteroatoms. The Bertz CT molecular complexity index is 286. The molecular weight excluding hydrogens is 226 g/mol. The Kier molecular flexibility index (Phi) is 5.72. The highest BCUT2D eigenvalue weighted by Gasteiger charge is 2.27. The highest BCUT2D eigenvalue weighted by molar-refractivity contribution is 7.91. The molecule has 1 rings (SSSR count). The van der Waals surface area contributed by atoms with Gasteiger partial charge in [-0.25, -0.2) is 8.42 Å². The molecule has 0 amide bonds. The molecule has 0 heterocycles. The minimum atomic E-state index is -2.85. The van der Waals surface area contributed by atoms with E-state index >= 15 is 0 Å². The van der Waals surface area contributed by atoms with Crippen LogP contribution in [-0.4, -0.2) is 44.2 Å². The molecule has 1 atom stereocenters. The number of aliphatic hydroxyl groups excluding tert-OH is 1. The van der Waals surface area contributed by atoms with E-state index < -0.39 is 9.84 Å². The molecule has 4 nitrogen and oxygen atoms in total. The monoisotopic (exact) mass is 249 g/mol. The van der Waals surface area contributed by atoms with Crippen molar-refractivity contribution in [1.29, 1.82) is 0 Å². The zero-order valence-electron chi connectivity index (χ0n) is 9.98. The quantitative estimate of drug-likeness (QED) is 0.627. The van der Waals surface area contributed by atoms with Gasteiger partial charge in [0.15, 0.2) is 9.84 Å². The van der Waals surface area contributed by atoms with Gasteiger partial charge in [0.05, 0.1) is 11.5 Å². The highest BCUT2D eigenvalue weighted by atomic mass is 32.2. The van der Waals surface area contributed by atoms with Crippen molar-refractivity contribution in [2.45, 2.75) is 38.6 Å². The largest absolute Gasteiger partial charge is 0.396 e. The Labute approximate surface area is 98.4 Å². The van der Waals surface area contributed by atoms with Gasteiger partial charge < -0.3 is 10.4 Å². The predicted molar refractivity (Wildman–Crippen MR) is 65.2 cm³/mol. The van der Waals surface area contributed by atoms with Crippen molar-refractivity contribution < 1.29 is 13.5 Å². The van der Waals surface area contributed by atoms with Crippen LogP contribution in [0.5, 0.6) is 0 Å². The number of nitrogens with one attached hydrogen (secondary N) is 1. The van der Waals surface area contributed by atoms with Crippen molar-refractivity contribution in [3.05, 3.63) is 0 Å². The number of sulfone groups is 1. The Morgan fingerprint density at radius 3 is 2.69 bits per heavy atom. The van der Waals surface area contributed by atoms with Gasteiger partial charge in [0.1, 0.15) is 0 Å². The lowest BCUT2D eigenvalue weighted by Gasteiger charge is -2.12. The molecule has 1 aliphatic rings. The first-order valence-electron chi connectivity index (χ1n) is 6.08. The SMILES string of the molecule is CC(CCCO)NCCS(=O)(=O)CC1CC1. The molecule has 0 aromatic rings. The zero-order chi connectivity index (χ0) is 12.0. The van der Waals surface area contributed by atoms with Crippen molar-refractivity contribution in [3.8, 4) is 0 Å². The van der Waals surface area contributed by atoms with E-state index in [1.54, 1.807) is 0 Å². The second-order valence-electron chi connectivity index (χ2n) is 4.78. The lowest BCUT2D eigenvalue weighted by Crippen LogP contribution is -2.32. The van der Waals surface area contributed by atoms with E-state index in [2.05, 4.69) is 5.32 Å². The van der Waals surface area contributed by atoms with Gasteiger partial charge in [0, 0.05) is 19.2 Å². The van der Waals surface area contributed by atoms with Crippen molar-refractivity contribution >= 4 is 9.84 Å². The van der Waals surface area contributed by atoms with Gasteiger partial charge in [0.25, 0.3) is 0 Å². The van der Waals surface area contributed by atoms with Crippen LogP contribution in [-0.2, 0) is 9.84 Å². The van der Waals surface area contributed by atoms with E-state index in [-0.39, 0.29) is 18.4 Å². The number of aliphatic hydroxyl groups is 1. The van der Waals surface area contributed by atoms with Gasteiger partial charge >= 0.3 is 0 Å². The third kappa shape index (κ3) is 6.45. The highest BCUT2D eigenvalue weighted by Crippen LogP contribution is 2.30. The third-order valence-corrected chi connectivity index (χ3v) is 4.69. The van der Waals surface area contributed by atoms with E-state index in [0.29, 0.717) is 18.2 Å². The van der Waals surface area contributed by atoms with E-state index in [4.69, 9.17) is 5.11 Å². The molecular formula is C11H23NO3S. The number of hydrogen-bond acceptors (Lipinski definition) is 4. The van der Waals surface area contributed by atoms with Crippen molar-refractivity contribution in [3.63, 3.8) is 0 Å². The summed E-state index contributed by atoms with van der Waals surface area (Å²) in [5, 5.41) is 11.8. The van der Waals surface area contributed by atoms with E-state index in [0.717, 1.165) is 25.7 Å². The van der Waals surface area contributed by atoms with Crippen LogP contribution in [0.4, 0.5) is 0 Å². The molecule has 1 fully saturated rings.